The van der Waals surface area contributed by atoms with E-state index in [1.54, 1.807) is 27.5 Å². The highest BCUT2D eigenvalue weighted by molar-refractivity contribution is 5.95. The molecule has 30 heavy (non-hydrogen) atoms. The maximum Gasteiger partial charge on any atom is 0.162 e. The molecular weight excluding hydrogens is 380 g/mol. The molecule has 0 saturated carbocycles. The van der Waals surface area contributed by atoms with Gasteiger partial charge in [-0.3, -0.25) is 4.98 Å². The number of nitrogens with zero attached hydrogens (tertiary/aromatic N) is 1. The van der Waals surface area contributed by atoms with Crippen LogP contribution in [0.25, 0.3) is 10.9 Å². The number of methoxy groups -OCH3 is 3. The summed E-state index contributed by atoms with van der Waals surface area (Å²) < 4.78 is 21.9. The van der Waals surface area contributed by atoms with Crippen LogP contribution in [-0.2, 0) is 0 Å². The van der Waals surface area contributed by atoms with Crippen molar-refractivity contribution in [3.63, 3.8) is 0 Å². The molecular formula is C24H22N2O4. The maximum atomic E-state index is 5.89. The molecule has 1 aromatic heterocycles. The molecule has 6 heteroatoms. The number of benzene rings is 3. The summed E-state index contributed by atoms with van der Waals surface area (Å²) >= 11 is 0. The van der Waals surface area contributed by atoms with E-state index >= 15 is 0 Å². The third kappa shape index (κ3) is 4.07. The van der Waals surface area contributed by atoms with Gasteiger partial charge in [0.2, 0.25) is 0 Å². The van der Waals surface area contributed by atoms with E-state index in [4.69, 9.17) is 18.9 Å². The van der Waals surface area contributed by atoms with E-state index in [2.05, 4.69) is 10.3 Å². The average Bonchev–Trinajstić information content (AvgIpc) is 2.80. The lowest BCUT2D eigenvalue weighted by Crippen LogP contribution is -1.95. The summed E-state index contributed by atoms with van der Waals surface area (Å²) in [5.74, 6) is 3.59. The van der Waals surface area contributed by atoms with E-state index in [-0.39, 0.29) is 0 Å². The average molecular weight is 402 g/mol. The highest BCUT2D eigenvalue weighted by Crippen LogP contribution is 2.35. The van der Waals surface area contributed by atoms with Gasteiger partial charge in [0.25, 0.3) is 0 Å². The Bertz CT molecular complexity index is 1140. The summed E-state index contributed by atoms with van der Waals surface area (Å²) in [5.41, 5.74) is 2.67. The molecule has 0 unspecified atom stereocenters. The van der Waals surface area contributed by atoms with Gasteiger partial charge in [0.05, 0.1) is 26.8 Å². The number of rotatable bonds is 7. The minimum absolute atomic E-state index is 0.648. The molecule has 0 radical (unpaired) electrons. The minimum Gasteiger partial charge on any atom is -0.497 e. The van der Waals surface area contributed by atoms with Crippen molar-refractivity contribution >= 4 is 22.3 Å². The van der Waals surface area contributed by atoms with Crippen molar-refractivity contribution < 1.29 is 18.9 Å². The molecule has 0 atom stereocenters. The van der Waals surface area contributed by atoms with E-state index in [1.807, 2.05) is 66.7 Å². The second-order valence-electron chi connectivity index (χ2n) is 6.51. The number of hydrogen-bond donors (Lipinski definition) is 1. The molecule has 0 aliphatic heterocycles. The summed E-state index contributed by atoms with van der Waals surface area (Å²) in [6.07, 6.45) is 1.76. The molecule has 1 heterocycles. The van der Waals surface area contributed by atoms with Crippen molar-refractivity contribution in [3.8, 4) is 28.7 Å². The SMILES string of the molecule is COc1ccc(Oc2ccc(Nc3ccnc4cc(OC)c(OC)cc34)cc2)cc1. The molecule has 0 bridgehead atoms. The molecule has 152 valence electrons. The van der Waals surface area contributed by atoms with Crippen LogP contribution in [0.2, 0.25) is 0 Å². The molecule has 3 aromatic carbocycles. The maximum absolute atomic E-state index is 5.89. The number of nitrogens with one attached hydrogen (secondary N) is 1. The predicted molar refractivity (Wildman–Crippen MR) is 118 cm³/mol. The van der Waals surface area contributed by atoms with Crippen LogP contribution in [0.3, 0.4) is 0 Å². The van der Waals surface area contributed by atoms with Gasteiger partial charge in [-0.1, -0.05) is 0 Å². The highest BCUT2D eigenvalue weighted by Gasteiger charge is 2.10. The fourth-order valence-electron chi connectivity index (χ4n) is 3.12. The van der Waals surface area contributed by atoms with Crippen LogP contribution in [0.5, 0.6) is 28.7 Å². The molecule has 1 N–H and O–H groups in total. The molecule has 4 aromatic rings. The van der Waals surface area contributed by atoms with Crippen molar-refractivity contribution in [1.29, 1.82) is 0 Å². The predicted octanol–water partition coefficient (Wildman–Crippen LogP) is 5.80. The summed E-state index contributed by atoms with van der Waals surface area (Å²) in [4.78, 5) is 4.44. The summed E-state index contributed by atoms with van der Waals surface area (Å²) in [6, 6.07) is 20.9. The van der Waals surface area contributed by atoms with Gasteiger partial charge in [0, 0.05) is 29.0 Å². The number of anilines is 2. The van der Waals surface area contributed by atoms with Gasteiger partial charge >= 0.3 is 0 Å². The number of aromatic nitrogens is 1. The molecule has 0 aliphatic rings. The first-order valence-electron chi connectivity index (χ1n) is 9.40. The van der Waals surface area contributed by atoms with Crippen LogP contribution in [0, 0.1) is 0 Å². The van der Waals surface area contributed by atoms with Gasteiger partial charge in [-0.05, 0) is 60.7 Å². The lowest BCUT2D eigenvalue weighted by atomic mass is 10.1. The Labute approximate surface area is 175 Å². The minimum atomic E-state index is 0.648. The van der Waals surface area contributed by atoms with E-state index in [0.29, 0.717) is 11.5 Å². The number of pyridine rings is 1. The fourth-order valence-corrected chi connectivity index (χ4v) is 3.12. The van der Waals surface area contributed by atoms with Crippen LogP contribution in [0.1, 0.15) is 0 Å². The summed E-state index contributed by atoms with van der Waals surface area (Å²) in [7, 11) is 4.87. The zero-order chi connectivity index (χ0) is 20.9. The molecule has 0 aliphatic carbocycles. The Kier molecular flexibility index (Phi) is 5.57. The molecule has 0 saturated heterocycles. The van der Waals surface area contributed by atoms with Crippen LogP contribution < -0.4 is 24.3 Å². The quantitative estimate of drug-likeness (QED) is 0.422. The van der Waals surface area contributed by atoms with E-state index < -0.39 is 0 Å². The van der Waals surface area contributed by atoms with Crippen molar-refractivity contribution in [3.05, 3.63) is 72.9 Å². The van der Waals surface area contributed by atoms with Gasteiger partial charge in [0.15, 0.2) is 11.5 Å². The lowest BCUT2D eigenvalue weighted by Gasteiger charge is -2.13. The van der Waals surface area contributed by atoms with Gasteiger partial charge in [-0.15, -0.1) is 0 Å². The Morgan fingerprint density at radius 3 is 1.90 bits per heavy atom. The highest BCUT2D eigenvalue weighted by atomic mass is 16.5. The Morgan fingerprint density at radius 2 is 1.27 bits per heavy atom. The van der Waals surface area contributed by atoms with Crippen molar-refractivity contribution in [2.24, 2.45) is 0 Å². The Hall–Kier alpha value is -3.93. The molecule has 0 fully saturated rings. The molecule has 4 rings (SSSR count). The number of ether oxygens (including phenoxy) is 4. The van der Waals surface area contributed by atoms with Crippen molar-refractivity contribution in [2.45, 2.75) is 0 Å². The van der Waals surface area contributed by atoms with Crippen LogP contribution in [-0.4, -0.2) is 26.3 Å². The zero-order valence-corrected chi connectivity index (χ0v) is 17.0. The number of fused-ring (bicyclic) bond motifs is 1. The van der Waals surface area contributed by atoms with Gasteiger partial charge in [0.1, 0.15) is 17.2 Å². The van der Waals surface area contributed by atoms with E-state index in [0.717, 1.165) is 39.5 Å². The van der Waals surface area contributed by atoms with E-state index in [1.165, 1.54) is 0 Å². The van der Waals surface area contributed by atoms with E-state index in [9.17, 15) is 0 Å². The zero-order valence-electron chi connectivity index (χ0n) is 17.0. The van der Waals surface area contributed by atoms with Crippen LogP contribution >= 0.6 is 0 Å². The Morgan fingerprint density at radius 1 is 0.667 bits per heavy atom. The first kappa shape index (κ1) is 19.4. The van der Waals surface area contributed by atoms with Gasteiger partial charge in [-0.2, -0.15) is 0 Å². The monoisotopic (exact) mass is 402 g/mol. The lowest BCUT2D eigenvalue weighted by molar-refractivity contribution is 0.356. The standard InChI is InChI=1S/C24H22N2O4/c1-27-17-8-10-19(11-9-17)30-18-6-4-16(5-7-18)26-21-12-13-25-22-15-24(29-3)23(28-2)14-20(21)22/h4-15H,1-3H3,(H,25,26). The van der Waals surface area contributed by atoms with Gasteiger partial charge in [-0.25, -0.2) is 0 Å². The summed E-state index contributed by atoms with van der Waals surface area (Å²) in [6.45, 7) is 0. The van der Waals surface area contributed by atoms with Crippen molar-refractivity contribution in [2.75, 3.05) is 26.6 Å². The molecule has 0 amide bonds. The first-order valence-corrected chi connectivity index (χ1v) is 9.40. The normalized spacial score (nSPS) is 10.5. The number of hydrogen-bond acceptors (Lipinski definition) is 6. The van der Waals surface area contributed by atoms with Crippen molar-refractivity contribution in [1.82, 2.24) is 4.98 Å². The largest absolute Gasteiger partial charge is 0.497 e. The molecule has 0 spiro atoms. The van der Waals surface area contributed by atoms with Gasteiger partial charge < -0.3 is 24.3 Å². The third-order valence-electron chi connectivity index (χ3n) is 4.68. The second kappa shape index (κ2) is 8.61. The fraction of sp³-hybridized carbons (Fsp3) is 0.125. The smallest absolute Gasteiger partial charge is 0.162 e. The topological polar surface area (TPSA) is 61.8 Å². The van der Waals surface area contributed by atoms with Crippen LogP contribution in [0.4, 0.5) is 11.4 Å². The third-order valence-corrected chi connectivity index (χ3v) is 4.68. The Balaban J connectivity index is 1.54. The van der Waals surface area contributed by atoms with Crippen LogP contribution in [0.15, 0.2) is 72.9 Å². The second-order valence-corrected chi connectivity index (χ2v) is 6.51. The molecule has 6 nitrogen and oxygen atoms in total. The first-order chi connectivity index (χ1) is 14.7. The summed E-state index contributed by atoms with van der Waals surface area (Å²) in [5, 5.41) is 4.37.